The molecule has 4 heteroatoms. The highest BCUT2D eigenvalue weighted by Crippen LogP contribution is 2.36. The maximum absolute atomic E-state index is 10.5. The van der Waals surface area contributed by atoms with Gasteiger partial charge in [0, 0.05) is 0 Å². The molecule has 2 heterocycles. The van der Waals surface area contributed by atoms with Crippen LogP contribution in [0.25, 0.3) is 0 Å². The van der Waals surface area contributed by atoms with Crippen molar-refractivity contribution >= 4 is 5.97 Å². The average molecular weight is 158 g/mol. The molecule has 4 nitrogen and oxygen atoms in total. The monoisotopic (exact) mass is 158 g/mol. The lowest BCUT2D eigenvalue weighted by atomic mass is 9.98. The van der Waals surface area contributed by atoms with Crippen LogP contribution >= 0.6 is 0 Å². The minimum absolute atomic E-state index is 0.233. The Morgan fingerprint density at radius 1 is 1.55 bits per heavy atom. The predicted octanol–water partition coefficient (Wildman–Crippen LogP) is 0.0190. The normalized spacial score (nSPS) is 33.6. The fourth-order valence-electron chi connectivity index (χ4n) is 1.53. The molecule has 0 aliphatic carbocycles. The molecule has 2 aliphatic rings. The summed E-state index contributed by atoms with van der Waals surface area (Å²) in [4.78, 5) is 10.5. The Morgan fingerprint density at radius 3 is 2.55 bits per heavy atom. The molecule has 62 valence electrons. The van der Waals surface area contributed by atoms with Gasteiger partial charge in [0.2, 0.25) is 0 Å². The topological polar surface area (TPSA) is 55.8 Å². The van der Waals surface area contributed by atoms with Gasteiger partial charge in [-0.1, -0.05) is 0 Å². The number of carboxylic acids is 1. The van der Waals surface area contributed by atoms with E-state index >= 15 is 0 Å². The molecule has 1 N–H and O–H groups in total. The summed E-state index contributed by atoms with van der Waals surface area (Å²) in [6.45, 7) is 1.13. The van der Waals surface area contributed by atoms with Gasteiger partial charge >= 0.3 is 5.97 Å². The largest absolute Gasteiger partial charge is 0.479 e. The van der Waals surface area contributed by atoms with Gasteiger partial charge in [-0.3, -0.25) is 0 Å². The smallest absolute Gasteiger partial charge is 0.332 e. The molecule has 0 bridgehead atoms. The van der Waals surface area contributed by atoms with E-state index in [2.05, 4.69) is 0 Å². The van der Waals surface area contributed by atoms with Crippen molar-refractivity contribution in [2.24, 2.45) is 0 Å². The van der Waals surface area contributed by atoms with E-state index in [4.69, 9.17) is 14.6 Å². The molecule has 0 aromatic carbocycles. The Balaban J connectivity index is 1.98. The molecule has 0 aromatic rings. The fraction of sp³-hybridized carbons (Fsp3) is 0.857. The molecular formula is C7H10O4. The van der Waals surface area contributed by atoms with E-state index in [0.29, 0.717) is 19.6 Å². The molecular weight excluding hydrogens is 148 g/mol. The van der Waals surface area contributed by atoms with E-state index in [0.717, 1.165) is 6.42 Å². The molecule has 1 unspecified atom stereocenters. The fourth-order valence-corrected chi connectivity index (χ4v) is 1.53. The molecule has 2 fully saturated rings. The van der Waals surface area contributed by atoms with Crippen molar-refractivity contribution in [1.82, 2.24) is 0 Å². The van der Waals surface area contributed by atoms with E-state index in [1.807, 2.05) is 0 Å². The van der Waals surface area contributed by atoms with E-state index < -0.39 is 12.1 Å². The lowest BCUT2D eigenvalue weighted by molar-refractivity contribution is -0.206. The molecule has 0 amide bonds. The second-order valence-corrected chi connectivity index (χ2v) is 3.16. The van der Waals surface area contributed by atoms with Crippen LogP contribution in [0, 0.1) is 0 Å². The maximum atomic E-state index is 10.5. The number of rotatable bonds is 1. The first-order chi connectivity index (χ1) is 5.22. The van der Waals surface area contributed by atoms with Gasteiger partial charge in [0.1, 0.15) is 5.60 Å². The van der Waals surface area contributed by atoms with Gasteiger partial charge in [-0.25, -0.2) is 4.79 Å². The SMILES string of the molecule is O=C(O)C1CCC2(COC2)O1. The van der Waals surface area contributed by atoms with Crippen LogP contribution in [0.2, 0.25) is 0 Å². The maximum Gasteiger partial charge on any atom is 0.332 e. The highest BCUT2D eigenvalue weighted by molar-refractivity contribution is 5.72. The highest BCUT2D eigenvalue weighted by Gasteiger charge is 2.48. The molecule has 2 rings (SSSR count). The number of hydrogen-bond donors (Lipinski definition) is 1. The van der Waals surface area contributed by atoms with Crippen molar-refractivity contribution in [3.8, 4) is 0 Å². The van der Waals surface area contributed by atoms with Crippen molar-refractivity contribution in [3.63, 3.8) is 0 Å². The van der Waals surface area contributed by atoms with Gasteiger partial charge in [-0.2, -0.15) is 0 Å². The van der Waals surface area contributed by atoms with E-state index in [9.17, 15) is 4.79 Å². The molecule has 1 atom stereocenters. The summed E-state index contributed by atoms with van der Waals surface area (Å²) in [7, 11) is 0. The third-order valence-corrected chi connectivity index (χ3v) is 2.26. The van der Waals surface area contributed by atoms with Crippen LogP contribution in [0.4, 0.5) is 0 Å². The summed E-state index contributed by atoms with van der Waals surface area (Å²) < 4.78 is 10.3. The third kappa shape index (κ3) is 1.02. The molecule has 0 aromatic heterocycles. The van der Waals surface area contributed by atoms with Gasteiger partial charge in [0.05, 0.1) is 13.2 Å². The summed E-state index contributed by atoms with van der Waals surface area (Å²) in [5.74, 6) is -0.853. The molecule has 1 spiro atoms. The summed E-state index contributed by atoms with van der Waals surface area (Å²) in [6, 6.07) is 0. The van der Waals surface area contributed by atoms with Crippen LogP contribution in [0.5, 0.6) is 0 Å². The van der Waals surface area contributed by atoms with Crippen LogP contribution in [-0.2, 0) is 14.3 Å². The second kappa shape index (κ2) is 2.19. The molecule has 2 saturated heterocycles. The first-order valence-corrected chi connectivity index (χ1v) is 3.70. The summed E-state index contributed by atoms with van der Waals surface area (Å²) in [5.41, 5.74) is -0.233. The number of hydrogen-bond acceptors (Lipinski definition) is 3. The molecule has 11 heavy (non-hydrogen) atoms. The van der Waals surface area contributed by atoms with Crippen LogP contribution in [0.1, 0.15) is 12.8 Å². The highest BCUT2D eigenvalue weighted by atomic mass is 16.6. The first-order valence-electron chi connectivity index (χ1n) is 3.70. The first kappa shape index (κ1) is 7.06. The average Bonchev–Trinajstić information content (AvgIpc) is 2.28. The van der Waals surface area contributed by atoms with Crippen molar-refractivity contribution < 1.29 is 19.4 Å². The quantitative estimate of drug-likeness (QED) is 0.584. The van der Waals surface area contributed by atoms with Crippen molar-refractivity contribution in [2.75, 3.05) is 13.2 Å². The van der Waals surface area contributed by atoms with E-state index in [1.165, 1.54) is 0 Å². The van der Waals surface area contributed by atoms with Gasteiger partial charge in [-0.05, 0) is 12.8 Å². The van der Waals surface area contributed by atoms with Crippen molar-refractivity contribution in [2.45, 2.75) is 24.5 Å². The van der Waals surface area contributed by atoms with Crippen molar-refractivity contribution in [1.29, 1.82) is 0 Å². The Bertz CT molecular complexity index is 185. The zero-order valence-corrected chi connectivity index (χ0v) is 6.08. The lowest BCUT2D eigenvalue weighted by Crippen LogP contribution is -2.49. The standard InChI is InChI=1S/C7H10O4/c8-6(9)5-1-2-7(11-5)3-10-4-7/h5H,1-4H2,(H,8,9). The minimum atomic E-state index is -0.853. The zero-order valence-electron chi connectivity index (χ0n) is 6.08. The van der Waals surface area contributed by atoms with E-state index in [1.54, 1.807) is 0 Å². The number of carbonyl (C=O) groups is 1. The van der Waals surface area contributed by atoms with Crippen LogP contribution < -0.4 is 0 Å². The zero-order chi connectivity index (χ0) is 7.90. The van der Waals surface area contributed by atoms with Gasteiger partial charge in [-0.15, -0.1) is 0 Å². The van der Waals surface area contributed by atoms with Crippen LogP contribution in [0.3, 0.4) is 0 Å². The minimum Gasteiger partial charge on any atom is -0.479 e. The van der Waals surface area contributed by atoms with Crippen molar-refractivity contribution in [3.05, 3.63) is 0 Å². The number of ether oxygens (including phenoxy) is 2. The lowest BCUT2D eigenvalue weighted by Gasteiger charge is -2.37. The Labute approximate surface area is 64.1 Å². The summed E-state index contributed by atoms with van der Waals surface area (Å²) >= 11 is 0. The summed E-state index contributed by atoms with van der Waals surface area (Å²) in [5, 5.41) is 8.60. The predicted molar refractivity (Wildman–Crippen MR) is 35.3 cm³/mol. The third-order valence-electron chi connectivity index (χ3n) is 2.26. The number of aliphatic carboxylic acids is 1. The van der Waals surface area contributed by atoms with Gasteiger partial charge in [0.15, 0.2) is 6.10 Å². The molecule has 0 saturated carbocycles. The van der Waals surface area contributed by atoms with Crippen LogP contribution in [0.15, 0.2) is 0 Å². The van der Waals surface area contributed by atoms with Gasteiger partial charge < -0.3 is 14.6 Å². The van der Waals surface area contributed by atoms with Gasteiger partial charge in [0.25, 0.3) is 0 Å². The Morgan fingerprint density at radius 2 is 2.27 bits per heavy atom. The number of carboxylic acid groups (broad SMARTS) is 1. The Hall–Kier alpha value is -0.610. The molecule has 0 radical (unpaired) electrons. The van der Waals surface area contributed by atoms with E-state index in [-0.39, 0.29) is 5.60 Å². The van der Waals surface area contributed by atoms with Crippen LogP contribution in [-0.4, -0.2) is 36.0 Å². The summed E-state index contributed by atoms with van der Waals surface area (Å²) in [6.07, 6.45) is 0.849. The second-order valence-electron chi connectivity index (χ2n) is 3.16. The Kier molecular flexibility index (Phi) is 1.40. The molecule has 2 aliphatic heterocycles.